The van der Waals surface area contributed by atoms with Crippen molar-refractivity contribution in [1.29, 1.82) is 0 Å². The molecular weight excluding hydrogens is 198 g/mol. The minimum atomic E-state index is -0.936. The van der Waals surface area contributed by atoms with Gasteiger partial charge in [0.15, 0.2) is 0 Å². The van der Waals surface area contributed by atoms with Crippen LogP contribution in [-0.4, -0.2) is 36.2 Å². The number of rotatable bonds is 4. The van der Waals surface area contributed by atoms with E-state index >= 15 is 0 Å². The Bertz CT molecular complexity index is 256. The number of amides is 1. The second-order valence-corrected chi connectivity index (χ2v) is 4.41. The molecule has 0 aromatic carbocycles. The van der Waals surface area contributed by atoms with Gasteiger partial charge in [-0.3, -0.25) is 9.59 Å². The summed E-state index contributed by atoms with van der Waals surface area (Å²) in [5.74, 6) is -1.13. The van der Waals surface area contributed by atoms with Crippen molar-refractivity contribution < 1.29 is 19.4 Å². The van der Waals surface area contributed by atoms with E-state index in [4.69, 9.17) is 9.84 Å². The van der Waals surface area contributed by atoms with Gasteiger partial charge in [0, 0.05) is 13.2 Å². The molecule has 1 aliphatic rings. The van der Waals surface area contributed by atoms with Crippen LogP contribution in [0.2, 0.25) is 0 Å². The topological polar surface area (TPSA) is 75.6 Å². The number of hydrogen-bond donors (Lipinski definition) is 2. The number of nitrogens with one attached hydrogen (secondary N) is 1. The molecule has 1 rings (SSSR count). The average Bonchev–Trinajstić information content (AvgIpc) is 2.66. The maximum atomic E-state index is 11.5. The van der Waals surface area contributed by atoms with Gasteiger partial charge in [0.25, 0.3) is 0 Å². The van der Waals surface area contributed by atoms with E-state index in [9.17, 15) is 9.59 Å². The number of ether oxygens (including phenoxy) is 1. The van der Waals surface area contributed by atoms with Crippen molar-refractivity contribution in [1.82, 2.24) is 5.32 Å². The quantitative estimate of drug-likeness (QED) is 0.711. The number of carboxylic acids is 1. The van der Waals surface area contributed by atoms with E-state index in [1.807, 2.05) is 0 Å². The number of hydrogen-bond acceptors (Lipinski definition) is 3. The molecule has 0 bridgehead atoms. The van der Waals surface area contributed by atoms with Gasteiger partial charge in [-0.2, -0.15) is 0 Å². The van der Waals surface area contributed by atoms with Crippen molar-refractivity contribution in [3.63, 3.8) is 0 Å². The van der Waals surface area contributed by atoms with E-state index in [0.717, 1.165) is 12.8 Å². The third-order valence-corrected chi connectivity index (χ3v) is 2.51. The van der Waals surface area contributed by atoms with E-state index in [1.165, 1.54) is 0 Å². The minimum absolute atomic E-state index is 0.126. The molecule has 5 heteroatoms. The first-order chi connectivity index (χ1) is 6.93. The smallest absolute Gasteiger partial charge is 0.310 e. The van der Waals surface area contributed by atoms with Crippen molar-refractivity contribution >= 4 is 11.9 Å². The van der Waals surface area contributed by atoms with Gasteiger partial charge in [0.05, 0.1) is 5.41 Å². The van der Waals surface area contributed by atoms with Gasteiger partial charge in [-0.05, 0) is 26.7 Å². The molecule has 1 saturated heterocycles. The second kappa shape index (κ2) is 4.61. The summed E-state index contributed by atoms with van der Waals surface area (Å²) < 4.78 is 5.18. The number of carboxylic acid groups (broad SMARTS) is 1. The van der Waals surface area contributed by atoms with E-state index in [0.29, 0.717) is 6.61 Å². The van der Waals surface area contributed by atoms with Crippen LogP contribution < -0.4 is 5.32 Å². The van der Waals surface area contributed by atoms with Crippen molar-refractivity contribution in [2.24, 2.45) is 5.41 Å². The van der Waals surface area contributed by atoms with Crippen molar-refractivity contribution in [2.75, 3.05) is 13.2 Å². The van der Waals surface area contributed by atoms with Crippen molar-refractivity contribution in [3.05, 3.63) is 0 Å². The van der Waals surface area contributed by atoms with Crippen LogP contribution in [0.3, 0.4) is 0 Å². The summed E-state index contributed by atoms with van der Waals surface area (Å²) in [5, 5.41) is 11.4. The lowest BCUT2D eigenvalue weighted by Gasteiger charge is -2.20. The van der Waals surface area contributed by atoms with E-state index < -0.39 is 17.5 Å². The predicted molar refractivity (Wildman–Crippen MR) is 53.4 cm³/mol. The Balaban J connectivity index is 2.36. The molecular formula is C10H17NO4. The van der Waals surface area contributed by atoms with Crippen LogP contribution in [0.25, 0.3) is 0 Å². The Kier molecular flexibility index (Phi) is 3.68. The van der Waals surface area contributed by atoms with Crippen molar-refractivity contribution in [2.45, 2.75) is 32.8 Å². The molecule has 0 radical (unpaired) electrons. The Morgan fingerprint density at radius 3 is 2.67 bits per heavy atom. The fourth-order valence-corrected chi connectivity index (χ4v) is 1.28. The SMILES string of the molecule is CC(C)(CNC(=O)C1CCCO1)C(=O)O. The first-order valence-electron chi connectivity index (χ1n) is 5.06. The molecule has 1 unspecified atom stereocenters. The molecule has 1 aliphatic heterocycles. The summed E-state index contributed by atoms with van der Waals surface area (Å²) in [6.07, 6.45) is 1.22. The molecule has 15 heavy (non-hydrogen) atoms. The first-order valence-corrected chi connectivity index (χ1v) is 5.06. The van der Waals surface area contributed by atoms with Gasteiger partial charge < -0.3 is 15.2 Å². The molecule has 0 spiro atoms. The summed E-state index contributed by atoms with van der Waals surface area (Å²) in [6, 6.07) is 0. The third-order valence-electron chi connectivity index (χ3n) is 2.51. The van der Waals surface area contributed by atoms with Crippen LogP contribution in [0.1, 0.15) is 26.7 Å². The molecule has 1 heterocycles. The lowest BCUT2D eigenvalue weighted by molar-refractivity contribution is -0.147. The minimum Gasteiger partial charge on any atom is -0.481 e. The predicted octanol–water partition coefficient (Wildman–Crippen LogP) is 0.392. The zero-order chi connectivity index (χ0) is 11.5. The van der Waals surface area contributed by atoms with Gasteiger partial charge >= 0.3 is 5.97 Å². The lowest BCUT2D eigenvalue weighted by atomic mass is 9.94. The maximum Gasteiger partial charge on any atom is 0.310 e. The Hall–Kier alpha value is -1.10. The van der Waals surface area contributed by atoms with E-state index in [1.54, 1.807) is 13.8 Å². The zero-order valence-electron chi connectivity index (χ0n) is 9.08. The van der Waals surface area contributed by atoms with Gasteiger partial charge in [-0.1, -0.05) is 0 Å². The molecule has 0 aromatic heterocycles. The highest BCUT2D eigenvalue weighted by Gasteiger charge is 2.30. The standard InChI is InChI=1S/C10H17NO4/c1-10(2,9(13)14)6-11-8(12)7-4-3-5-15-7/h7H,3-6H2,1-2H3,(H,11,12)(H,13,14). The molecule has 1 atom stereocenters. The summed E-state index contributed by atoms with van der Waals surface area (Å²) >= 11 is 0. The molecule has 0 aromatic rings. The highest BCUT2D eigenvalue weighted by molar-refractivity contribution is 5.82. The van der Waals surface area contributed by atoms with Crippen LogP contribution in [0.5, 0.6) is 0 Å². The number of carbonyl (C=O) groups is 2. The van der Waals surface area contributed by atoms with Gasteiger partial charge in [0.1, 0.15) is 6.10 Å². The maximum absolute atomic E-state index is 11.5. The highest BCUT2D eigenvalue weighted by Crippen LogP contribution is 2.15. The summed E-state index contributed by atoms with van der Waals surface area (Å²) in [5.41, 5.74) is -0.936. The Morgan fingerprint density at radius 2 is 2.20 bits per heavy atom. The van der Waals surface area contributed by atoms with E-state index in [2.05, 4.69) is 5.32 Å². The van der Waals surface area contributed by atoms with Gasteiger partial charge in [-0.25, -0.2) is 0 Å². The van der Waals surface area contributed by atoms with Crippen LogP contribution in [-0.2, 0) is 14.3 Å². The van der Waals surface area contributed by atoms with Crippen molar-refractivity contribution in [3.8, 4) is 0 Å². The largest absolute Gasteiger partial charge is 0.481 e. The monoisotopic (exact) mass is 215 g/mol. The lowest BCUT2D eigenvalue weighted by Crippen LogP contribution is -2.42. The molecule has 5 nitrogen and oxygen atoms in total. The Labute approximate surface area is 88.8 Å². The molecule has 0 saturated carbocycles. The fourth-order valence-electron chi connectivity index (χ4n) is 1.28. The van der Waals surface area contributed by atoms with Crippen LogP contribution >= 0.6 is 0 Å². The number of carbonyl (C=O) groups excluding carboxylic acids is 1. The summed E-state index contributed by atoms with van der Waals surface area (Å²) in [4.78, 5) is 22.3. The fraction of sp³-hybridized carbons (Fsp3) is 0.800. The average molecular weight is 215 g/mol. The summed E-state index contributed by atoms with van der Waals surface area (Å²) in [7, 11) is 0. The number of aliphatic carboxylic acids is 1. The summed E-state index contributed by atoms with van der Waals surface area (Å²) in [6.45, 7) is 3.89. The Morgan fingerprint density at radius 1 is 1.53 bits per heavy atom. The molecule has 0 aliphatic carbocycles. The van der Waals surface area contributed by atoms with Gasteiger partial charge in [-0.15, -0.1) is 0 Å². The molecule has 86 valence electrons. The van der Waals surface area contributed by atoms with Crippen LogP contribution in [0.15, 0.2) is 0 Å². The molecule has 2 N–H and O–H groups in total. The van der Waals surface area contributed by atoms with E-state index in [-0.39, 0.29) is 12.5 Å². The van der Waals surface area contributed by atoms with Crippen LogP contribution in [0, 0.1) is 5.41 Å². The first kappa shape index (κ1) is 12.0. The zero-order valence-corrected chi connectivity index (χ0v) is 9.08. The highest BCUT2D eigenvalue weighted by atomic mass is 16.5. The third kappa shape index (κ3) is 3.20. The normalized spacial score (nSPS) is 21.3. The molecule has 1 amide bonds. The van der Waals surface area contributed by atoms with Gasteiger partial charge in [0.2, 0.25) is 5.91 Å². The molecule has 1 fully saturated rings. The second-order valence-electron chi connectivity index (χ2n) is 4.41. The van der Waals surface area contributed by atoms with Crippen LogP contribution in [0.4, 0.5) is 0 Å².